The zero-order chi connectivity index (χ0) is 21.6. The summed E-state index contributed by atoms with van der Waals surface area (Å²) in [4.78, 5) is 25.5. The number of aromatic nitrogens is 1. The van der Waals surface area contributed by atoms with Gasteiger partial charge in [0.1, 0.15) is 5.82 Å². The number of hydrogen-bond acceptors (Lipinski definition) is 4. The Labute approximate surface area is 170 Å². The van der Waals surface area contributed by atoms with Crippen LogP contribution in [0.25, 0.3) is 10.9 Å². The van der Waals surface area contributed by atoms with E-state index in [2.05, 4.69) is 10.3 Å². The molecule has 4 N–H and O–H groups in total. The number of aliphatic carboxylic acids is 1. The maximum absolute atomic E-state index is 12.3. The summed E-state index contributed by atoms with van der Waals surface area (Å²) in [6.07, 6.45) is 1.53. The van der Waals surface area contributed by atoms with Gasteiger partial charge in [-0.25, -0.2) is 9.78 Å². The number of nitrogens with one attached hydrogen (secondary N) is 1. The highest BCUT2D eigenvalue weighted by atomic mass is 35.5. The SMILES string of the molecule is Nc1ccc2c(NC(=O)CC3CCCCC3)c(Cl)ccc2n1.O=C(O)C(F)(F)F. The molecule has 3 rings (SSSR count). The fraction of sp³-hybridized carbons (Fsp3) is 0.421. The highest BCUT2D eigenvalue weighted by molar-refractivity contribution is 6.35. The van der Waals surface area contributed by atoms with Crippen LogP contribution < -0.4 is 11.1 Å². The van der Waals surface area contributed by atoms with E-state index in [4.69, 9.17) is 27.2 Å². The summed E-state index contributed by atoms with van der Waals surface area (Å²) in [6.45, 7) is 0. The average Bonchev–Trinajstić information content (AvgIpc) is 2.64. The summed E-state index contributed by atoms with van der Waals surface area (Å²) in [6, 6.07) is 7.12. The molecule has 10 heteroatoms. The molecule has 1 heterocycles. The normalized spacial score (nSPS) is 14.8. The van der Waals surface area contributed by atoms with Crippen molar-refractivity contribution in [3.8, 4) is 0 Å². The first kappa shape index (κ1) is 22.7. The van der Waals surface area contributed by atoms with Crippen molar-refractivity contribution in [3.05, 3.63) is 29.3 Å². The number of amides is 1. The number of carbonyl (C=O) groups excluding carboxylic acids is 1. The van der Waals surface area contributed by atoms with Gasteiger partial charge >= 0.3 is 12.1 Å². The van der Waals surface area contributed by atoms with Crippen molar-refractivity contribution in [1.82, 2.24) is 4.98 Å². The molecule has 158 valence electrons. The van der Waals surface area contributed by atoms with Crippen molar-refractivity contribution in [2.24, 2.45) is 5.92 Å². The fourth-order valence-electron chi connectivity index (χ4n) is 3.16. The second kappa shape index (κ2) is 9.78. The summed E-state index contributed by atoms with van der Waals surface area (Å²) >= 11 is 6.26. The van der Waals surface area contributed by atoms with Crippen LogP contribution in [-0.4, -0.2) is 28.1 Å². The van der Waals surface area contributed by atoms with Crippen LogP contribution in [0.4, 0.5) is 24.7 Å². The van der Waals surface area contributed by atoms with Gasteiger partial charge in [-0.2, -0.15) is 13.2 Å². The summed E-state index contributed by atoms with van der Waals surface area (Å²) in [5.41, 5.74) is 7.07. The number of benzene rings is 1. The molecule has 0 spiro atoms. The Morgan fingerprint density at radius 2 is 1.79 bits per heavy atom. The smallest absolute Gasteiger partial charge is 0.475 e. The van der Waals surface area contributed by atoms with E-state index in [1.807, 2.05) is 12.1 Å². The predicted octanol–water partition coefficient (Wildman–Crippen LogP) is 5.01. The van der Waals surface area contributed by atoms with Gasteiger partial charge in [-0.15, -0.1) is 0 Å². The summed E-state index contributed by atoms with van der Waals surface area (Å²) in [5, 5.41) is 11.4. The summed E-state index contributed by atoms with van der Waals surface area (Å²) in [5.74, 6) is -1.78. The molecule has 1 aromatic heterocycles. The van der Waals surface area contributed by atoms with Crippen LogP contribution in [0, 0.1) is 5.92 Å². The lowest BCUT2D eigenvalue weighted by Crippen LogP contribution is -2.21. The van der Waals surface area contributed by atoms with Crippen LogP contribution in [0.1, 0.15) is 38.5 Å². The third-order valence-electron chi connectivity index (χ3n) is 4.55. The minimum absolute atomic E-state index is 0.0260. The van der Waals surface area contributed by atoms with Crippen molar-refractivity contribution in [3.63, 3.8) is 0 Å². The highest BCUT2D eigenvalue weighted by Crippen LogP contribution is 2.32. The van der Waals surface area contributed by atoms with Crippen LogP contribution in [0.2, 0.25) is 5.02 Å². The van der Waals surface area contributed by atoms with E-state index in [9.17, 15) is 18.0 Å². The Hall–Kier alpha value is -2.55. The second-order valence-electron chi connectivity index (χ2n) is 6.78. The number of pyridine rings is 1. The Bertz CT molecular complexity index is 884. The first-order valence-corrected chi connectivity index (χ1v) is 9.40. The lowest BCUT2D eigenvalue weighted by Gasteiger charge is -2.21. The van der Waals surface area contributed by atoms with E-state index in [0.29, 0.717) is 28.9 Å². The van der Waals surface area contributed by atoms with E-state index in [1.165, 1.54) is 19.3 Å². The number of anilines is 2. The van der Waals surface area contributed by atoms with Gasteiger partial charge < -0.3 is 16.2 Å². The Morgan fingerprint density at radius 1 is 1.17 bits per heavy atom. The minimum atomic E-state index is -5.08. The molecule has 0 aliphatic heterocycles. The van der Waals surface area contributed by atoms with E-state index < -0.39 is 12.1 Å². The van der Waals surface area contributed by atoms with Crippen molar-refractivity contribution >= 4 is 45.9 Å². The standard InChI is InChI=1S/C17H20ClN3O.C2HF3O2/c18-13-7-8-14-12(6-9-15(19)20-14)17(13)21-16(22)10-11-4-2-1-3-5-11;3-2(4,5)1(6)7/h6-9,11H,1-5,10H2,(H2,19,20)(H,21,22);(H,6,7). The number of fused-ring (bicyclic) bond motifs is 1. The molecule has 6 nitrogen and oxygen atoms in total. The van der Waals surface area contributed by atoms with Gasteiger partial charge in [-0.05, 0) is 43.0 Å². The molecule has 1 saturated carbocycles. The third-order valence-corrected chi connectivity index (χ3v) is 4.86. The molecular formula is C19H21ClF3N3O3. The molecule has 0 atom stereocenters. The first-order chi connectivity index (χ1) is 13.6. The molecule has 0 bridgehead atoms. The number of hydrogen-bond donors (Lipinski definition) is 3. The van der Waals surface area contributed by atoms with Crippen LogP contribution in [-0.2, 0) is 9.59 Å². The number of rotatable bonds is 3. The van der Waals surface area contributed by atoms with Crippen LogP contribution in [0.3, 0.4) is 0 Å². The van der Waals surface area contributed by atoms with Gasteiger partial charge in [-0.3, -0.25) is 4.79 Å². The summed E-state index contributed by atoms with van der Waals surface area (Å²) < 4.78 is 31.7. The first-order valence-electron chi connectivity index (χ1n) is 9.02. The topological polar surface area (TPSA) is 105 Å². The quantitative estimate of drug-likeness (QED) is 0.633. The molecule has 1 aromatic carbocycles. The molecule has 29 heavy (non-hydrogen) atoms. The Balaban J connectivity index is 0.000000370. The molecule has 0 saturated heterocycles. The third kappa shape index (κ3) is 6.77. The maximum Gasteiger partial charge on any atom is 0.490 e. The molecular weight excluding hydrogens is 411 g/mol. The molecule has 1 aliphatic rings. The number of carboxylic acid groups (broad SMARTS) is 1. The molecule has 0 radical (unpaired) electrons. The van der Waals surface area contributed by atoms with E-state index in [1.54, 1.807) is 12.1 Å². The molecule has 2 aromatic rings. The second-order valence-corrected chi connectivity index (χ2v) is 7.19. The zero-order valence-corrected chi connectivity index (χ0v) is 16.2. The van der Waals surface area contributed by atoms with E-state index in [-0.39, 0.29) is 5.91 Å². The van der Waals surface area contributed by atoms with Crippen molar-refractivity contribution in [1.29, 1.82) is 0 Å². The summed E-state index contributed by atoms with van der Waals surface area (Å²) in [7, 11) is 0. The van der Waals surface area contributed by atoms with Crippen LogP contribution in [0.5, 0.6) is 0 Å². The van der Waals surface area contributed by atoms with Crippen LogP contribution in [0.15, 0.2) is 24.3 Å². The Kier molecular flexibility index (Phi) is 7.66. The minimum Gasteiger partial charge on any atom is -0.475 e. The molecule has 1 fully saturated rings. The van der Waals surface area contributed by atoms with Gasteiger partial charge in [0.2, 0.25) is 5.91 Å². The number of carbonyl (C=O) groups is 2. The van der Waals surface area contributed by atoms with Gasteiger partial charge in [-0.1, -0.05) is 30.9 Å². The number of nitrogen functional groups attached to an aromatic ring is 1. The number of nitrogens with zero attached hydrogens (tertiary/aromatic N) is 1. The van der Waals surface area contributed by atoms with Crippen LogP contribution >= 0.6 is 11.6 Å². The van der Waals surface area contributed by atoms with Crippen molar-refractivity contribution in [2.75, 3.05) is 11.1 Å². The largest absolute Gasteiger partial charge is 0.490 e. The highest BCUT2D eigenvalue weighted by Gasteiger charge is 2.38. The van der Waals surface area contributed by atoms with E-state index >= 15 is 0 Å². The van der Waals surface area contributed by atoms with Crippen molar-refractivity contribution < 1.29 is 27.9 Å². The molecule has 0 unspecified atom stereocenters. The predicted molar refractivity (Wildman–Crippen MR) is 105 cm³/mol. The number of halogens is 4. The van der Waals surface area contributed by atoms with Gasteiger partial charge in [0.15, 0.2) is 0 Å². The van der Waals surface area contributed by atoms with Crippen molar-refractivity contribution in [2.45, 2.75) is 44.7 Å². The lowest BCUT2D eigenvalue weighted by atomic mass is 9.87. The maximum atomic E-state index is 12.3. The van der Waals surface area contributed by atoms with Gasteiger partial charge in [0.25, 0.3) is 0 Å². The van der Waals surface area contributed by atoms with E-state index in [0.717, 1.165) is 23.7 Å². The number of alkyl halides is 3. The monoisotopic (exact) mass is 431 g/mol. The number of carboxylic acids is 1. The Morgan fingerprint density at radius 3 is 2.38 bits per heavy atom. The number of nitrogens with two attached hydrogens (primary N) is 1. The van der Waals surface area contributed by atoms with Gasteiger partial charge in [0.05, 0.1) is 16.2 Å². The van der Waals surface area contributed by atoms with Gasteiger partial charge in [0, 0.05) is 11.8 Å². The molecule has 1 aliphatic carbocycles. The lowest BCUT2D eigenvalue weighted by molar-refractivity contribution is -0.192. The zero-order valence-electron chi connectivity index (χ0n) is 15.4. The fourth-order valence-corrected chi connectivity index (χ4v) is 3.38. The average molecular weight is 432 g/mol. The molecule has 1 amide bonds.